The number of hydrogen-bond donors (Lipinski definition) is 2. The standard InChI is InChI=1S/C24H30BrN5O3/c1-3-4-13-29-22(32)20-14-19(21(31)27-18-12-8-7-11-17(18)25)28-30(20)15-24(29,2)23(33)26-16-9-5-6-10-16/h7-8,11-12,14,16H,3-6,9-10,13,15H2,1-2H3,(H,26,33)(H,27,31). The Kier molecular flexibility index (Phi) is 6.88. The summed E-state index contributed by atoms with van der Waals surface area (Å²) < 4.78 is 2.26. The van der Waals surface area contributed by atoms with Gasteiger partial charge in [-0.2, -0.15) is 5.10 Å². The van der Waals surface area contributed by atoms with Crippen LogP contribution in [0.25, 0.3) is 0 Å². The second kappa shape index (κ2) is 9.67. The lowest BCUT2D eigenvalue weighted by atomic mass is 9.94. The van der Waals surface area contributed by atoms with Gasteiger partial charge in [0, 0.05) is 23.1 Å². The quantitative estimate of drug-likeness (QED) is 0.582. The summed E-state index contributed by atoms with van der Waals surface area (Å²) in [5.74, 6) is -0.834. The van der Waals surface area contributed by atoms with Crippen molar-refractivity contribution in [1.82, 2.24) is 20.0 Å². The van der Waals surface area contributed by atoms with Gasteiger partial charge in [0.15, 0.2) is 5.69 Å². The van der Waals surface area contributed by atoms with Gasteiger partial charge in [-0.3, -0.25) is 19.1 Å². The molecule has 2 aromatic rings. The summed E-state index contributed by atoms with van der Waals surface area (Å²) in [4.78, 5) is 41.4. The van der Waals surface area contributed by atoms with Gasteiger partial charge in [0.2, 0.25) is 5.91 Å². The van der Waals surface area contributed by atoms with E-state index in [2.05, 4.69) is 38.6 Å². The minimum atomic E-state index is -1.07. The third-order valence-corrected chi connectivity index (χ3v) is 7.26. The number of rotatable bonds is 7. The molecule has 9 heteroatoms. The Labute approximate surface area is 202 Å². The van der Waals surface area contributed by atoms with E-state index < -0.39 is 11.4 Å². The third kappa shape index (κ3) is 4.69. The Morgan fingerprint density at radius 2 is 1.97 bits per heavy atom. The van der Waals surface area contributed by atoms with Crippen LogP contribution in [0.4, 0.5) is 5.69 Å². The van der Waals surface area contributed by atoms with Crippen LogP contribution in [-0.2, 0) is 11.3 Å². The monoisotopic (exact) mass is 515 g/mol. The van der Waals surface area contributed by atoms with Crippen LogP contribution in [0.5, 0.6) is 0 Å². The lowest BCUT2D eigenvalue weighted by Gasteiger charge is -2.43. The number of nitrogens with zero attached hydrogens (tertiary/aromatic N) is 3. The molecule has 1 saturated carbocycles. The van der Waals surface area contributed by atoms with Gasteiger partial charge in [-0.05, 0) is 54.2 Å². The summed E-state index contributed by atoms with van der Waals surface area (Å²) in [6, 6.07) is 8.96. The van der Waals surface area contributed by atoms with Crippen LogP contribution in [0.3, 0.4) is 0 Å². The van der Waals surface area contributed by atoms with Gasteiger partial charge in [-0.25, -0.2) is 0 Å². The molecule has 2 aliphatic rings. The molecular formula is C24H30BrN5O3. The number of fused-ring (bicyclic) bond motifs is 1. The number of amides is 3. The Morgan fingerprint density at radius 3 is 2.67 bits per heavy atom. The van der Waals surface area contributed by atoms with E-state index in [4.69, 9.17) is 0 Å². The molecule has 1 aromatic carbocycles. The van der Waals surface area contributed by atoms with Crippen molar-refractivity contribution in [1.29, 1.82) is 0 Å². The van der Waals surface area contributed by atoms with Gasteiger partial charge in [0.05, 0.1) is 12.2 Å². The topological polar surface area (TPSA) is 96.3 Å². The fourth-order valence-corrected chi connectivity index (χ4v) is 4.96. The van der Waals surface area contributed by atoms with Crippen molar-refractivity contribution < 1.29 is 14.4 Å². The number of anilines is 1. The molecular weight excluding hydrogens is 486 g/mol. The minimum Gasteiger partial charge on any atom is -0.351 e. The van der Waals surface area contributed by atoms with Crippen molar-refractivity contribution in [3.05, 3.63) is 46.2 Å². The maximum atomic E-state index is 13.5. The number of nitrogens with one attached hydrogen (secondary N) is 2. The smallest absolute Gasteiger partial charge is 0.276 e. The van der Waals surface area contributed by atoms with Gasteiger partial charge in [-0.15, -0.1) is 0 Å². The van der Waals surface area contributed by atoms with Crippen LogP contribution >= 0.6 is 15.9 Å². The van der Waals surface area contributed by atoms with E-state index >= 15 is 0 Å². The van der Waals surface area contributed by atoms with Crippen molar-refractivity contribution in [3.63, 3.8) is 0 Å². The van der Waals surface area contributed by atoms with E-state index in [-0.39, 0.29) is 30.1 Å². The molecule has 8 nitrogen and oxygen atoms in total. The molecule has 0 spiro atoms. The number of carbonyl (C=O) groups excluding carboxylic acids is 3. The molecule has 1 unspecified atom stereocenters. The van der Waals surface area contributed by atoms with Crippen LogP contribution in [0.2, 0.25) is 0 Å². The van der Waals surface area contributed by atoms with Crippen LogP contribution < -0.4 is 10.6 Å². The molecule has 1 aromatic heterocycles. The van der Waals surface area contributed by atoms with E-state index in [1.54, 1.807) is 17.9 Å². The molecule has 0 radical (unpaired) electrons. The maximum Gasteiger partial charge on any atom is 0.276 e. The SMILES string of the molecule is CCCCN1C(=O)c2cc(C(=O)Nc3ccccc3Br)nn2CC1(C)C(=O)NC1CCCC1. The van der Waals surface area contributed by atoms with E-state index in [0.29, 0.717) is 17.9 Å². The van der Waals surface area contributed by atoms with E-state index in [1.807, 2.05) is 18.2 Å². The van der Waals surface area contributed by atoms with Crippen LogP contribution in [0, 0.1) is 0 Å². The zero-order chi connectivity index (χ0) is 23.6. The number of halogens is 1. The molecule has 2 heterocycles. The average Bonchev–Trinajstić information content (AvgIpc) is 3.45. The number of benzene rings is 1. The van der Waals surface area contributed by atoms with Gasteiger partial charge < -0.3 is 15.5 Å². The van der Waals surface area contributed by atoms with Crippen molar-refractivity contribution in [2.45, 2.75) is 70.5 Å². The van der Waals surface area contributed by atoms with Gasteiger partial charge in [0.25, 0.3) is 11.8 Å². The number of hydrogen-bond acceptors (Lipinski definition) is 4. The molecule has 4 rings (SSSR count). The first kappa shape index (κ1) is 23.5. The zero-order valence-corrected chi connectivity index (χ0v) is 20.7. The summed E-state index contributed by atoms with van der Waals surface area (Å²) in [7, 11) is 0. The molecule has 0 saturated heterocycles. The lowest BCUT2D eigenvalue weighted by Crippen LogP contribution is -2.65. The first-order chi connectivity index (χ1) is 15.8. The van der Waals surface area contributed by atoms with E-state index in [9.17, 15) is 14.4 Å². The number of para-hydroxylation sites is 1. The highest BCUT2D eigenvalue weighted by Gasteiger charge is 2.48. The fraction of sp³-hybridized carbons (Fsp3) is 0.500. The molecule has 1 atom stereocenters. The third-order valence-electron chi connectivity index (χ3n) is 6.57. The molecule has 2 N–H and O–H groups in total. The van der Waals surface area contributed by atoms with Gasteiger partial charge in [0.1, 0.15) is 11.2 Å². The summed E-state index contributed by atoms with van der Waals surface area (Å²) in [6.45, 7) is 4.54. The van der Waals surface area contributed by atoms with Gasteiger partial charge in [-0.1, -0.05) is 38.3 Å². The molecule has 1 aliphatic carbocycles. The second-order valence-electron chi connectivity index (χ2n) is 9.05. The Morgan fingerprint density at radius 1 is 1.24 bits per heavy atom. The van der Waals surface area contributed by atoms with Gasteiger partial charge >= 0.3 is 0 Å². The van der Waals surface area contributed by atoms with Crippen molar-refractivity contribution in [2.75, 3.05) is 11.9 Å². The van der Waals surface area contributed by atoms with E-state index in [1.165, 1.54) is 10.7 Å². The Balaban J connectivity index is 1.61. The summed E-state index contributed by atoms with van der Waals surface area (Å²) in [5.41, 5.74) is 0.0222. The predicted molar refractivity (Wildman–Crippen MR) is 129 cm³/mol. The van der Waals surface area contributed by atoms with Crippen LogP contribution in [0.1, 0.15) is 73.3 Å². The molecule has 3 amide bonds. The molecule has 1 fully saturated rings. The van der Waals surface area contributed by atoms with Crippen molar-refractivity contribution >= 4 is 39.3 Å². The zero-order valence-electron chi connectivity index (χ0n) is 19.1. The van der Waals surface area contributed by atoms with Crippen LogP contribution in [-0.4, -0.2) is 50.5 Å². The summed E-state index contributed by atoms with van der Waals surface area (Å²) in [6.07, 6.45) is 5.86. The van der Waals surface area contributed by atoms with E-state index in [0.717, 1.165) is 43.0 Å². The highest BCUT2D eigenvalue weighted by molar-refractivity contribution is 9.10. The predicted octanol–water partition coefficient (Wildman–Crippen LogP) is 3.97. The summed E-state index contributed by atoms with van der Waals surface area (Å²) in [5, 5.41) is 10.4. The van der Waals surface area contributed by atoms with Crippen LogP contribution in [0.15, 0.2) is 34.8 Å². The lowest BCUT2D eigenvalue weighted by molar-refractivity contribution is -0.133. The molecule has 33 heavy (non-hydrogen) atoms. The fourth-order valence-electron chi connectivity index (χ4n) is 4.58. The second-order valence-corrected chi connectivity index (χ2v) is 9.90. The first-order valence-corrected chi connectivity index (χ1v) is 12.4. The normalized spacial score (nSPS) is 20.6. The summed E-state index contributed by atoms with van der Waals surface area (Å²) >= 11 is 3.42. The molecule has 1 aliphatic heterocycles. The number of unbranched alkanes of at least 4 members (excludes halogenated alkanes) is 1. The molecule has 0 bridgehead atoms. The number of aromatic nitrogens is 2. The first-order valence-electron chi connectivity index (χ1n) is 11.6. The number of carbonyl (C=O) groups is 3. The maximum absolute atomic E-state index is 13.5. The highest BCUT2D eigenvalue weighted by Crippen LogP contribution is 2.30. The minimum absolute atomic E-state index is 0.144. The average molecular weight is 516 g/mol. The van der Waals surface area contributed by atoms with Crippen molar-refractivity contribution in [2.24, 2.45) is 0 Å². The largest absolute Gasteiger partial charge is 0.351 e. The Hall–Kier alpha value is -2.68. The van der Waals surface area contributed by atoms with Crippen molar-refractivity contribution in [3.8, 4) is 0 Å². The molecule has 176 valence electrons. The Bertz CT molecular complexity index is 1060. The highest BCUT2D eigenvalue weighted by atomic mass is 79.9.